The van der Waals surface area contributed by atoms with Crippen LogP contribution in [-0.2, 0) is 22.6 Å². The molecule has 6 nitrogen and oxygen atoms in total. The van der Waals surface area contributed by atoms with Crippen molar-refractivity contribution in [2.75, 3.05) is 46.5 Å². The standard InChI is InChI=1S/C21H36N4O2/c1-5-12-27-16-19-9-7-6-8-18(19)15-23-20(22-4)24-17-21(2,3)25-10-13-26-14-11-25/h6-9H,5,10-17H2,1-4H3,(H2,22,23,24). The van der Waals surface area contributed by atoms with Crippen LogP contribution in [0.2, 0.25) is 0 Å². The average Bonchev–Trinajstić information content (AvgIpc) is 2.70. The fraction of sp³-hybridized carbons (Fsp3) is 0.667. The van der Waals surface area contributed by atoms with Crippen molar-refractivity contribution in [3.8, 4) is 0 Å². The lowest BCUT2D eigenvalue weighted by Crippen LogP contribution is -2.56. The molecule has 1 aromatic carbocycles. The minimum atomic E-state index is 0.0489. The van der Waals surface area contributed by atoms with Crippen LogP contribution in [0.3, 0.4) is 0 Å². The van der Waals surface area contributed by atoms with Gasteiger partial charge >= 0.3 is 0 Å². The highest BCUT2D eigenvalue weighted by Crippen LogP contribution is 2.15. The summed E-state index contributed by atoms with van der Waals surface area (Å²) >= 11 is 0. The molecule has 0 unspecified atom stereocenters. The first kappa shape index (κ1) is 21.7. The number of nitrogens with zero attached hydrogens (tertiary/aromatic N) is 2. The Kier molecular flexibility index (Phi) is 9.04. The van der Waals surface area contributed by atoms with Crippen molar-refractivity contribution in [3.05, 3.63) is 35.4 Å². The molecule has 152 valence electrons. The van der Waals surface area contributed by atoms with Crippen molar-refractivity contribution in [3.63, 3.8) is 0 Å². The highest BCUT2D eigenvalue weighted by Gasteiger charge is 2.28. The Balaban J connectivity index is 1.85. The van der Waals surface area contributed by atoms with Gasteiger partial charge in [-0.05, 0) is 31.4 Å². The summed E-state index contributed by atoms with van der Waals surface area (Å²) in [6.07, 6.45) is 1.04. The molecule has 1 fully saturated rings. The Hall–Kier alpha value is -1.63. The summed E-state index contributed by atoms with van der Waals surface area (Å²) in [7, 11) is 1.81. The molecular formula is C21H36N4O2. The van der Waals surface area contributed by atoms with Crippen LogP contribution in [0.4, 0.5) is 0 Å². The van der Waals surface area contributed by atoms with E-state index in [1.807, 2.05) is 7.05 Å². The molecule has 2 rings (SSSR count). The van der Waals surface area contributed by atoms with Gasteiger partial charge in [0, 0.05) is 45.4 Å². The Bertz CT molecular complexity index is 583. The van der Waals surface area contributed by atoms with Crippen LogP contribution in [0.25, 0.3) is 0 Å². The predicted octanol–water partition coefficient (Wildman–Crippen LogP) is 2.39. The van der Waals surface area contributed by atoms with E-state index >= 15 is 0 Å². The first-order chi connectivity index (χ1) is 13.1. The largest absolute Gasteiger partial charge is 0.379 e. The lowest BCUT2D eigenvalue weighted by Gasteiger charge is -2.41. The summed E-state index contributed by atoms with van der Waals surface area (Å²) in [5.41, 5.74) is 2.51. The second-order valence-electron chi connectivity index (χ2n) is 7.51. The maximum absolute atomic E-state index is 5.71. The van der Waals surface area contributed by atoms with Crippen molar-refractivity contribution in [2.24, 2.45) is 4.99 Å². The molecule has 0 saturated carbocycles. The highest BCUT2D eigenvalue weighted by molar-refractivity contribution is 5.79. The van der Waals surface area contributed by atoms with Crippen molar-refractivity contribution >= 4 is 5.96 Å². The van der Waals surface area contributed by atoms with Crippen LogP contribution in [-0.4, -0.2) is 62.9 Å². The summed E-state index contributed by atoms with van der Waals surface area (Å²) in [5, 5.41) is 6.91. The zero-order valence-electron chi connectivity index (χ0n) is 17.4. The maximum atomic E-state index is 5.71. The third-order valence-corrected chi connectivity index (χ3v) is 4.95. The normalized spacial score (nSPS) is 16.4. The van der Waals surface area contributed by atoms with Gasteiger partial charge in [0.15, 0.2) is 5.96 Å². The van der Waals surface area contributed by atoms with Crippen molar-refractivity contribution in [1.29, 1.82) is 0 Å². The lowest BCUT2D eigenvalue weighted by molar-refractivity contribution is -0.00834. The van der Waals surface area contributed by atoms with Gasteiger partial charge in [0.05, 0.1) is 19.8 Å². The average molecular weight is 377 g/mol. The molecule has 0 aliphatic carbocycles. The Morgan fingerprint density at radius 3 is 2.56 bits per heavy atom. The fourth-order valence-electron chi connectivity index (χ4n) is 3.18. The number of rotatable bonds is 9. The minimum absolute atomic E-state index is 0.0489. The number of morpholine rings is 1. The van der Waals surface area contributed by atoms with Crippen LogP contribution >= 0.6 is 0 Å². The molecule has 2 N–H and O–H groups in total. The van der Waals surface area contributed by atoms with E-state index in [0.717, 1.165) is 58.4 Å². The van der Waals surface area contributed by atoms with Crippen LogP contribution in [0.5, 0.6) is 0 Å². The molecule has 0 bridgehead atoms. The summed E-state index contributed by atoms with van der Waals surface area (Å²) < 4.78 is 11.2. The number of aliphatic imine (C=N–C) groups is 1. The van der Waals surface area contributed by atoms with E-state index in [1.165, 1.54) is 11.1 Å². The number of benzene rings is 1. The summed E-state index contributed by atoms with van der Waals surface area (Å²) in [5.74, 6) is 0.820. The SMILES string of the molecule is CCCOCc1ccccc1CNC(=NC)NCC(C)(C)N1CCOCC1. The third-order valence-electron chi connectivity index (χ3n) is 4.95. The predicted molar refractivity (Wildman–Crippen MR) is 111 cm³/mol. The lowest BCUT2D eigenvalue weighted by atomic mass is 10.0. The molecule has 1 aliphatic heterocycles. The molecule has 1 heterocycles. The second kappa shape index (κ2) is 11.3. The quantitative estimate of drug-likeness (QED) is 0.394. The number of guanidine groups is 1. The molecular weight excluding hydrogens is 340 g/mol. The summed E-state index contributed by atoms with van der Waals surface area (Å²) in [6, 6.07) is 8.40. The first-order valence-electron chi connectivity index (χ1n) is 9.98. The van der Waals surface area contributed by atoms with E-state index < -0.39 is 0 Å². The molecule has 0 aromatic heterocycles. The van der Waals surface area contributed by atoms with Crippen LogP contribution in [0.15, 0.2) is 29.3 Å². The monoisotopic (exact) mass is 376 g/mol. The summed E-state index contributed by atoms with van der Waals surface area (Å²) in [6.45, 7) is 13.2. The first-order valence-corrected chi connectivity index (χ1v) is 9.98. The number of hydrogen-bond acceptors (Lipinski definition) is 4. The fourth-order valence-corrected chi connectivity index (χ4v) is 3.18. The third kappa shape index (κ3) is 7.13. The van der Waals surface area contributed by atoms with Crippen LogP contribution < -0.4 is 10.6 Å². The van der Waals surface area contributed by atoms with Crippen LogP contribution in [0, 0.1) is 0 Å². The number of ether oxygens (including phenoxy) is 2. The molecule has 27 heavy (non-hydrogen) atoms. The molecule has 1 aliphatic rings. The smallest absolute Gasteiger partial charge is 0.191 e. The van der Waals surface area contributed by atoms with Crippen molar-refractivity contribution < 1.29 is 9.47 Å². The van der Waals surface area contributed by atoms with Gasteiger partial charge in [-0.25, -0.2) is 0 Å². The van der Waals surface area contributed by atoms with Crippen LogP contribution in [0.1, 0.15) is 38.3 Å². The van der Waals surface area contributed by atoms with Gasteiger partial charge in [-0.1, -0.05) is 31.2 Å². The van der Waals surface area contributed by atoms with E-state index in [-0.39, 0.29) is 5.54 Å². The van der Waals surface area contributed by atoms with Crippen molar-refractivity contribution in [2.45, 2.75) is 45.9 Å². The van der Waals surface area contributed by atoms with Crippen molar-refractivity contribution in [1.82, 2.24) is 15.5 Å². The van der Waals surface area contributed by atoms with E-state index in [9.17, 15) is 0 Å². The zero-order valence-corrected chi connectivity index (χ0v) is 17.4. The van der Waals surface area contributed by atoms with Gasteiger partial charge < -0.3 is 20.1 Å². The molecule has 1 aromatic rings. The molecule has 0 spiro atoms. The Morgan fingerprint density at radius 2 is 1.89 bits per heavy atom. The summed E-state index contributed by atoms with van der Waals surface area (Å²) in [4.78, 5) is 6.85. The van der Waals surface area contributed by atoms with E-state index in [0.29, 0.717) is 6.61 Å². The van der Waals surface area contributed by atoms with Gasteiger partial charge in [0.1, 0.15) is 0 Å². The van der Waals surface area contributed by atoms with E-state index in [1.54, 1.807) is 0 Å². The van der Waals surface area contributed by atoms with Gasteiger partial charge in [0.2, 0.25) is 0 Å². The Morgan fingerprint density at radius 1 is 1.19 bits per heavy atom. The van der Waals surface area contributed by atoms with Gasteiger partial charge in [-0.15, -0.1) is 0 Å². The number of nitrogens with one attached hydrogen (secondary N) is 2. The molecule has 0 amide bonds. The molecule has 6 heteroatoms. The number of hydrogen-bond donors (Lipinski definition) is 2. The van der Waals surface area contributed by atoms with E-state index in [2.05, 4.69) is 65.6 Å². The minimum Gasteiger partial charge on any atom is -0.379 e. The van der Waals surface area contributed by atoms with Gasteiger partial charge in [0.25, 0.3) is 0 Å². The zero-order chi connectivity index (χ0) is 19.5. The highest BCUT2D eigenvalue weighted by atomic mass is 16.5. The van der Waals surface area contributed by atoms with Gasteiger partial charge in [-0.2, -0.15) is 0 Å². The molecule has 1 saturated heterocycles. The van der Waals surface area contributed by atoms with Gasteiger partial charge in [-0.3, -0.25) is 9.89 Å². The molecule has 0 radical (unpaired) electrons. The Labute approximate surface area is 164 Å². The maximum Gasteiger partial charge on any atom is 0.191 e. The molecule has 0 atom stereocenters. The van der Waals surface area contributed by atoms with E-state index in [4.69, 9.17) is 9.47 Å². The topological polar surface area (TPSA) is 58.1 Å². The second-order valence-corrected chi connectivity index (χ2v) is 7.51.